The number of rotatable bonds is 13. The Morgan fingerprint density at radius 1 is 0.906 bits per heavy atom. The molecule has 1 atom stereocenters. The van der Waals surface area contributed by atoms with E-state index in [2.05, 4.69) is 25.9 Å². The molecule has 5 aromatic carbocycles. The first-order valence-electron chi connectivity index (χ1n) is 17.4. The minimum absolute atomic E-state index is 0.199. The highest BCUT2D eigenvalue weighted by Gasteiger charge is 2.33. The second-order valence-electron chi connectivity index (χ2n) is 12.9. The molecule has 1 saturated heterocycles. The third-order valence-electron chi connectivity index (χ3n) is 9.44. The molecule has 2 aliphatic rings. The Morgan fingerprint density at radius 3 is 2.45 bits per heavy atom. The summed E-state index contributed by atoms with van der Waals surface area (Å²) in [6.07, 6.45) is 1.64. The number of aryl methyl sites for hydroxylation is 1. The Bertz CT molecular complexity index is 2200. The van der Waals surface area contributed by atoms with Crippen molar-refractivity contribution >= 4 is 44.8 Å². The summed E-state index contributed by atoms with van der Waals surface area (Å²) in [5.74, 6) is 1.50. The zero-order valence-electron chi connectivity index (χ0n) is 28.9. The van der Waals surface area contributed by atoms with Gasteiger partial charge in [0.05, 0.1) is 9.82 Å². The molecule has 0 bridgehead atoms. The van der Waals surface area contributed by atoms with Gasteiger partial charge >= 0.3 is 0 Å². The van der Waals surface area contributed by atoms with Gasteiger partial charge in [-0.1, -0.05) is 54.6 Å². The van der Waals surface area contributed by atoms with Crippen LogP contribution in [0.25, 0.3) is 0 Å². The SMILES string of the molecule is O=C(NS(=O)(=O)c1ccc(NCCSc2ccccc2)c([N+](=O)[O-])c1)c1ccc2c(c1)CC[C@H]1CN(Cc3ccccc3Oc3ccccc3)CCN21. The van der Waals surface area contributed by atoms with Crippen LogP contribution in [0.5, 0.6) is 11.5 Å². The molecule has 2 N–H and O–H groups in total. The van der Waals surface area contributed by atoms with Crippen LogP contribution in [0, 0.1) is 10.1 Å². The summed E-state index contributed by atoms with van der Waals surface area (Å²) in [6.45, 7) is 3.74. The van der Waals surface area contributed by atoms with E-state index in [-0.39, 0.29) is 16.1 Å². The van der Waals surface area contributed by atoms with Crippen molar-refractivity contribution in [3.63, 3.8) is 0 Å². The van der Waals surface area contributed by atoms with Crippen molar-refractivity contribution < 1.29 is 22.9 Å². The molecule has 53 heavy (non-hydrogen) atoms. The molecule has 13 heteroatoms. The van der Waals surface area contributed by atoms with Crippen LogP contribution in [-0.2, 0) is 23.0 Å². The summed E-state index contributed by atoms with van der Waals surface area (Å²) in [5, 5.41) is 14.9. The molecule has 0 unspecified atom stereocenters. The van der Waals surface area contributed by atoms with E-state index in [9.17, 15) is 23.3 Å². The van der Waals surface area contributed by atoms with Gasteiger partial charge in [0.25, 0.3) is 21.6 Å². The molecular formula is C40H39N5O6S2. The molecular weight excluding hydrogens is 711 g/mol. The minimum Gasteiger partial charge on any atom is -0.457 e. The maximum Gasteiger partial charge on any atom is 0.293 e. The van der Waals surface area contributed by atoms with Gasteiger partial charge < -0.3 is 15.0 Å². The van der Waals surface area contributed by atoms with E-state index in [0.29, 0.717) is 18.3 Å². The van der Waals surface area contributed by atoms with Gasteiger partial charge in [-0.3, -0.25) is 19.8 Å². The van der Waals surface area contributed by atoms with Crippen LogP contribution in [-0.4, -0.2) is 62.1 Å². The highest BCUT2D eigenvalue weighted by molar-refractivity contribution is 7.99. The number of nitrogens with one attached hydrogen (secondary N) is 2. The molecule has 1 fully saturated rings. The first kappa shape index (κ1) is 36.0. The smallest absolute Gasteiger partial charge is 0.293 e. The first-order valence-corrected chi connectivity index (χ1v) is 19.9. The number of thioether (sulfide) groups is 1. The molecule has 0 aromatic heterocycles. The molecule has 272 valence electrons. The topological polar surface area (TPSA) is 134 Å². The summed E-state index contributed by atoms with van der Waals surface area (Å²) >= 11 is 1.60. The van der Waals surface area contributed by atoms with Crippen molar-refractivity contribution in [3.8, 4) is 11.5 Å². The van der Waals surface area contributed by atoms with E-state index in [1.54, 1.807) is 23.9 Å². The number of anilines is 2. The quantitative estimate of drug-likeness (QED) is 0.0545. The third-order valence-corrected chi connectivity index (χ3v) is 11.8. The fraction of sp³-hybridized carbons (Fsp3) is 0.225. The number of carbonyl (C=O) groups is 1. The number of hydrogen-bond acceptors (Lipinski definition) is 10. The summed E-state index contributed by atoms with van der Waals surface area (Å²) in [4.78, 5) is 30.1. The number of fused-ring (bicyclic) bond motifs is 3. The van der Waals surface area contributed by atoms with Crippen molar-refractivity contribution in [2.24, 2.45) is 0 Å². The van der Waals surface area contributed by atoms with Crippen molar-refractivity contribution in [2.45, 2.75) is 35.2 Å². The Balaban J connectivity index is 0.968. The van der Waals surface area contributed by atoms with Crippen LogP contribution in [0.15, 0.2) is 131 Å². The Labute approximate surface area is 313 Å². The molecule has 7 rings (SSSR count). The Kier molecular flexibility index (Phi) is 10.9. The normalized spacial score (nSPS) is 15.5. The van der Waals surface area contributed by atoms with Crippen LogP contribution in [0.4, 0.5) is 17.1 Å². The molecule has 0 spiro atoms. The van der Waals surface area contributed by atoms with Crippen molar-refractivity contribution in [3.05, 3.63) is 148 Å². The van der Waals surface area contributed by atoms with Crippen molar-refractivity contribution in [1.82, 2.24) is 9.62 Å². The van der Waals surface area contributed by atoms with E-state index in [0.717, 1.165) is 78.3 Å². The van der Waals surface area contributed by atoms with Gasteiger partial charge in [-0.2, -0.15) is 0 Å². The monoisotopic (exact) mass is 749 g/mol. The fourth-order valence-corrected chi connectivity index (χ4v) is 8.62. The number of nitrogens with zero attached hydrogens (tertiary/aromatic N) is 3. The number of benzene rings is 5. The average molecular weight is 750 g/mol. The van der Waals surface area contributed by atoms with Gasteiger partial charge in [-0.25, -0.2) is 13.1 Å². The van der Waals surface area contributed by atoms with Crippen LogP contribution in [0.1, 0.15) is 27.9 Å². The largest absolute Gasteiger partial charge is 0.457 e. The lowest BCUT2D eigenvalue weighted by molar-refractivity contribution is -0.384. The van der Waals surface area contributed by atoms with Gasteiger partial charge in [0.1, 0.15) is 17.2 Å². The summed E-state index contributed by atoms with van der Waals surface area (Å²) in [7, 11) is -4.40. The number of carbonyl (C=O) groups excluding carboxylic acids is 1. The first-order chi connectivity index (χ1) is 25.7. The zero-order chi connectivity index (χ0) is 36.8. The van der Waals surface area contributed by atoms with E-state index in [1.807, 2.05) is 84.9 Å². The second kappa shape index (κ2) is 16.1. The van der Waals surface area contributed by atoms with E-state index in [1.165, 1.54) is 12.1 Å². The van der Waals surface area contributed by atoms with Crippen LogP contribution >= 0.6 is 11.8 Å². The number of para-hydroxylation sites is 2. The molecule has 0 saturated carbocycles. The minimum atomic E-state index is -4.40. The number of nitro groups is 1. The maximum absolute atomic E-state index is 13.3. The lowest BCUT2D eigenvalue weighted by Crippen LogP contribution is -2.54. The highest BCUT2D eigenvalue weighted by atomic mass is 32.2. The Morgan fingerprint density at radius 2 is 1.66 bits per heavy atom. The molecule has 11 nitrogen and oxygen atoms in total. The molecule has 2 heterocycles. The predicted octanol–water partition coefficient (Wildman–Crippen LogP) is 7.35. The van der Waals surface area contributed by atoms with E-state index >= 15 is 0 Å². The number of amides is 1. The molecule has 1 amide bonds. The van der Waals surface area contributed by atoms with Gasteiger partial charge in [0.2, 0.25) is 0 Å². The molecule has 5 aromatic rings. The summed E-state index contributed by atoms with van der Waals surface area (Å²) < 4.78 is 34.9. The van der Waals surface area contributed by atoms with Gasteiger partial charge in [-0.05, 0) is 79.1 Å². The van der Waals surface area contributed by atoms with Crippen molar-refractivity contribution in [2.75, 3.05) is 42.1 Å². The maximum atomic E-state index is 13.3. The van der Waals surface area contributed by atoms with Crippen LogP contribution in [0.3, 0.4) is 0 Å². The highest BCUT2D eigenvalue weighted by Crippen LogP contribution is 2.35. The zero-order valence-corrected chi connectivity index (χ0v) is 30.5. The molecule has 2 aliphatic heterocycles. The lowest BCUT2D eigenvalue weighted by atomic mass is 9.92. The number of ether oxygens (including phenoxy) is 1. The van der Waals surface area contributed by atoms with Gasteiger partial charge in [0.15, 0.2) is 0 Å². The van der Waals surface area contributed by atoms with Crippen molar-refractivity contribution in [1.29, 1.82) is 0 Å². The lowest BCUT2D eigenvalue weighted by Gasteiger charge is -2.46. The van der Waals surface area contributed by atoms with E-state index in [4.69, 9.17) is 4.74 Å². The summed E-state index contributed by atoms with van der Waals surface area (Å²) in [6, 6.07) is 36.8. The average Bonchev–Trinajstić information content (AvgIpc) is 3.17. The summed E-state index contributed by atoms with van der Waals surface area (Å²) in [5.41, 5.74) is 3.18. The van der Waals surface area contributed by atoms with Crippen LogP contribution < -0.4 is 19.7 Å². The number of piperazine rings is 1. The fourth-order valence-electron chi connectivity index (χ4n) is 6.84. The van der Waals surface area contributed by atoms with Gasteiger partial charge in [-0.15, -0.1) is 11.8 Å². The number of sulfonamides is 1. The van der Waals surface area contributed by atoms with Crippen LogP contribution in [0.2, 0.25) is 0 Å². The number of nitro benzene ring substituents is 1. The predicted molar refractivity (Wildman–Crippen MR) is 208 cm³/mol. The standard InChI is InChI=1S/C40H39N5O6S2/c46-40(42-53(49,50)35-18-19-36(38(26-35)45(47)48)41-21-24-52-34-12-5-2-6-13-34)30-16-20-37-29(25-30)15-17-32-28-43(22-23-44(32)37)27-31-9-7-8-14-39(31)51-33-10-3-1-4-11-33/h1-14,16,18-20,25-26,32,41H,15,17,21-24,27-28H2,(H,42,46)/t32-/m0/s1. The molecule has 0 radical (unpaired) electrons. The second-order valence-corrected chi connectivity index (χ2v) is 15.8. The van der Waals surface area contributed by atoms with E-state index < -0.39 is 26.5 Å². The number of hydrogen-bond donors (Lipinski definition) is 2. The Hall–Kier alpha value is -5.37. The molecule has 0 aliphatic carbocycles. The van der Waals surface area contributed by atoms with Gasteiger partial charge in [0, 0.05) is 72.3 Å². The third kappa shape index (κ3) is 8.65.